The second kappa shape index (κ2) is 7.00. The lowest BCUT2D eigenvalue weighted by molar-refractivity contribution is 0.0125. The van der Waals surface area contributed by atoms with Crippen LogP contribution in [0.15, 0.2) is 24.3 Å². The summed E-state index contributed by atoms with van der Waals surface area (Å²) in [5.41, 5.74) is -0.367. The number of nitrogens with one attached hydrogen (secondary N) is 1. The molecule has 0 bridgehead atoms. The summed E-state index contributed by atoms with van der Waals surface area (Å²) < 4.78 is 5.50. The van der Waals surface area contributed by atoms with Crippen molar-refractivity contribution in [1.29, 1.82) is 5.26 Å². The zero-order chi connectivity index (χ0) is 13.4. The maximum Gasteiger partial charge on any atom is 0.120 e. The Labute approximate surface area is 108 Å². The molecule has 0 aliphatic heterocycles. The van der Waals surface area contributed by atoms with Crippen molar-refractivity contribution >= 4 is 0 Å². The summed E-state index contributed by atoms with van der Waals surface area (Å²) in [7, 11) is 0. The number of ether oxygens (including phenoxy) is 1. The Hall–Kier alpha value is -1.57. The highest BCUT2D eigenvalue weighted by Crippen LogP contribution is 2.14. The van der Waals surface area contributed by atoms with Gasteiger partial charge in [-0.05, 0) is 38.1 Å². The second-order valence-corrected chi connectivity index (χ2v) is 4.60. The van der Waals surface area contributed by atoms with Gasteiger partial charge in [-0.3, -0.25) is 0 Å². The van der Waals surface area contributed by atoms with E-state index >= 15 is 0 Å². The van der Waals surface area contributed by atoms with Crippen LogP contribution < -0.4 is 10.1 Å². The molecule has 4 nitrogen and oxygen atoms in total. The Morgan fingerprint density at radius 3 is 2.94 bits per heavy atom. The second-order valence-electron chi connectivity index (χ2n) is 4.60. The Morgan fingerprint density at radius 2 is 2.28 bits per heavy atom. The lowest BCUT2D eigenvalue weighted by Gasteiger charge is -2.23. The van der Waals surface area contributed by atoms with Gasteiger partial charge in [-0.25, -0.2) is 0 Å². The van der Waals surface area contributed by atoms with Crippen LogP contribution in [0.5, 0.6) is 5.75 Å². The molecule has 0 heterocycles. The number of nitrogens with zero attached hydrogens (tertiary/aromatic N) is 1. The van der Waals surface area contributed by atoms with Crippen LogP contribution in [0.1, 0.15) is 25.8 Å². The summed E-state index contributed by atoms with van der Waals surface area (Å²) >= 11 is 0. The van der Waals surface area contributed by atoms with Gasteiger partial charge in [0.15, 0.2) is 0 Å². The van der Waals surface area contributed by atoms with Gasteiger partial charge in [0.25, 0.3) is 0 Å². The van der Waals surface area contributed by atoms with E-state index in [1.807, 2.05) is 0 Å². The standard InChI is InChI=1S/C14H20N2O2/c1-3-7-16-10-14(2,17)11-18-13-6-4-5-12(8-13)9-15/h4-6,8,16-17H,3,7,10-11H2,1-2H3. The molecule has 2 N–H and O–H groups in total. The fourth-order valence-electron chi connectivity index (χ4n) is 1.48. The van der Waals surface area contributed by atoms with E-state index in [4.69, 9.17) is 10.00 Å². The van der Waals surface area contributed by atoms with Crippen LogP contribution >= 0.6 is 0 Å². The van der Waals surface area contributed by atoms with Crippen LogP contribution in [-0.4, -0.2) is 30.4 Å². The van der Waals surface area contributed by atoms with Crippen LogP contribution in [-0.2, 0) is 0 Å². The number of nitriles is 1. The molecule has 1 aromatic carbocycles. The average molecular weight is 248 g/mol. The molecule has 18 heavy (non-hydrogen) atoms. The van der Waals surface area contributed by atoms with Gasteiger partial charge in [-0.2, -0.15) is 5.26 Å². The summed E-state index contributed by atoms with van der Waals surface area (Å²) in [6.45, 7) is 5.35. The molecule has 0 amide bonds. The first-order chi connectivity index (χ1) is 8.57. The summed E-state index contributed by atoms with van der Waals surface area (Å²) in [6, 6.07) is 8.97. The van der Waals surface area contributed by atoms with E-state index in [1.54, 1.807) is 31.2 Å². The van der Waals surface area contributed by atoms with Crippen molar-refractivity contribution in [1.82, 2.24) is 5.32 Å². The SMILES string of the molecule is CCCNCC(C)(O)COc1cccc(C#N)c1. The van der Waals surface area contributed by atoms with Crippen molar-refractivity contribution in [2.45, 2.75) is 25.9 Å². The molecule has 0 spiro atoms. The molecule has 0 fully saturated rings. The van der Waals surface area contributed by atoms with E-state index < -0.39 is 5.60 Å². The highest BCUT2D eigenvalue weighted by atomic mass is 16.5. The molecular formula is C14H20N2O2. The third kappa shape index (κ3) is 5.17. The highest BCUT2D eigenvalue weighted by Gasteiger charge is 2.20. The van der Waals surface area contributed by atoms with Gasteiger partial charge in [-0.1, -0.05) is 13.0 Å². The third-order valence-electron chi connectivity index (χ3n) is 2.45. The minimum Gasteiger partial charge on any atom is -0.491 e. The molecule has 0 saturated heterocycles. The first-order valence-electron chi connectivity index (χ1n) is 6.13. The number of hydrogen-bond acceptors (Lipinski definition) is 4. The predicted molar refractivity (Wildman–Crippen MR) is 70.4 cm³/mol. The fourth-order valence-corrected chi connectivity index (χ4v) is 1.48. The van der Waals surface area contributed by atoms with Crippen LogP contribution in [0, 0.1) is 11.3 Å². The maximum absolute atomic E-state index is 10.1. The van der Waals surface area contributed by atoms with E-state index in [0.717, 1.165) is 13.0 Å². The molecular weight excluding hydrogens is 228 g/mol. The largest absolute Gasteiger partial charge is 0.491 e. The molecule has 98 valence electrons. The maximum atomic E-state index is 10.1. The van der Waals surface area contributed by atoms with Crippen molar-refractivity contribution < 1.29 is 9.84 Å². The highest BCUT2D eigenvalue weighted by molar-refractivity contribution is 5.36. The minimum absolute atomic E-state index is 0.193. The van der Waals surface area contributed by atoms with Crippen molar-refractivity contribution in [3.63, 3.8) is 0 Å². The van der Waals surface area contributed by atoms with Gasteiger partial charge in [0.05, 0.1) is 11.6 Å². The Kier molecular flexibility index (Phi) is 5.63. The molecule has 4 heteroatoms. The van der Waals surface area contributed by atoms with Crippen molar-refractivity contribution in [3.8, 4) is 11.8 Å². The van der Waals surface area contributed by atoms with Gasteiger partial charge < -0.3 is 15.2 Å². The molecule has 0 radical (unpaired) electrons. The van der Waals surface area contributed by atoms with E-state index in [0.29, 0.717) is 17.9 Å². The number of aliphatic hydroxyl groups is 1. The Balaban J connectivity index is 2.45. The Morgan fingerprint density at radius 1 is 1.50 bits per heavy atom. The van der Waals surface area contributed by atoms with Crippen molar-refractivity contribution in [2.75, 3.05) is 19.7 Å². The smallest absolute Gasteiger partial charge is 0.120 e. The first-order valence-corrected chi connectivity index (χ1v) is 6.13. The molecule has 1 aromatic rings. The number of rotatable bonds is 7. The number of benzene rings is 1. The van der Waals surface area contributed by atoms with E-state index in [2.05, 4.69) is 18.3 Å². The zero-order valence-electron chi connectivity index (χ0n) is 10.9. The van der Waals surface area contributed by atoms with E-state index in [-0.39, 0.29) is 6.61 Å². The average Bonchev–Trinajstić information content (AvgIpc) is 2.37. The molecule has 1 rings (SSSR count). The van der Waals surface area contributed by atoms with Gasteiger partial charge in [-0.15, -0.1) is 0 Å². The van der Waals surface area contributed by atoms with E-state index in [1.165, 1.54) is 0 Å². The van der Waals surface area contributed by atoms with Gasteiger partial charge in [0, 0.05) is 6.54 Å². The van der Waals surface area contributed by atoms with Crippen LogP contribution in [0.2, 0.25) is 0 Å². The van der Waals surface area contributed by atoms with Crippen molar-refractivity contribution in [3.05, 3.63) is 29.8 Å². The molecule has 1 unspecified atom stereocenters. The minimum atomic E-state index is -0.919. The lowest BCUT2D eigenvalue weighted by Crippen LogP contribution is -2.43. The summed E-state index contributed by atoms with van der Waals surface area (Å²) in [4.78, 5) is 0. The zero-order valence-corrected chi connectivity index (χ0v) is 10.9. The van der Waals surface area contributed by atoms with Crippen LogP contribution in [0.3, 0.4) is 0 Å². The summed E-state index contributed by atoms with van der Waals surface area (Å²) in [6.07, 6.45) is 1.03. The molecule has 0 aliphatic rings. The topological polar surface area (TPSA) is 65.3 Å². The summed E-state index contributed by atoms with van der Waals surface area (Å²) in [5.74, 6) is 0.602. The van der Waals surface area contributed by atoms with Crippen LogP contribution in [0.4, 0.5) is 0 Å². The van der Waals surface area contributed by atoms with Crippen molar-refractivity contribution in [2.24, 2.45) is 0 Å². The molecule has 0 aromatic heterocycles. The lowest BCUT2D eigenvalue weighted by atomic mass is 10.1. The quantitative estimate of drug-likeness (QED) is 0.721. The molecule has 0 saturated carbocycles. The van der Waals surface area contributed by atoms with Gasteiger partial charge >= 0.3 is 0 Å². The van der Waals surface area contributed by atoms with Crippen LogP contribution in [0.25, 0.3) is 0 Å². The predicted octanol–water partition coefficient (Wildman–Crippen LogP) is 1.69. The third-order valence-corrected chi connectivity index (χ3v) is 2.45. The first kappa shape index (κ1) is 14.5. The fraction of sp³-hybridized carbons (Fsp3) is 0.500. The Bertz CT molecular complexity index is 411. The summed E-state index contributed by atoms with van der Waals surface area (Å²) in [5, 5.41) is 22.0. The van der Waals surface area contributed by atoms with Gasteiger partial charge in [0.1, 0.15) is 18.0 Å². The normalized spacial score (nSPS) is 13.7. The molecule has 1 atom stereocenters. The number of hydrogen-bond donors (Lipinski definition) is 2. The van der Waals surface area contributed by atoms with Gasteiger partial charge in [0.2, 0.25) is 0 Å². The molecule has 0 aliphatic carbocycles. The monoisotopic (exact) mass is 248 g/mol. The van der Waals surface area contributed by atoms with E-state index in [9.17, 15) is 5.11 Å².